The summed E-state index contributed by atoms with van der Waals surface area (Å²) in [5, 5.41) is 2.43. The first-order valence-electron chi connectivity index (χ1n) is 15.6. The van der Waals surface area contributed by atoms with E-state index in [0.717, 1.165) is 59.0 Å². The second-order valence-electron chi connectivity index (χ2n) is 12.0. The number of hydrogen-bond acceptors (Lipinski definition) is 3. The molecule has 0 bridgehead atoms. The summed E-state index contributed by atoms with van der Waals surface area (Å²) in [6.07, 6.45) is 16.5. The van der Waals surface area contributed by atoms with E-state index in [0.29, 0.717) is 5.92 Å². The van der Waals surface area contributed by atoms with Gasteiger partial charge in [0.25, 0.3) is 0 Å². The highest BCUT2D eigenvalue weighted by Crippen LogP contribution is 2.45. The highest BCUT2D eigenvalue weighted by Gasteiger charge is 2.33. The summed E-state index contributed by atoms with van der Waals surface area (Å²) in [5.74, 6) is 2.42. The quantitative estimate of drug-likeness (QED) is 0.198. The number of hydrogen-bond donors (Lipinski definition) is 0. The molecule has 4 nitrogen and oxygen atoms in total. The largest absolute Gasteiger partial charge is 0.485 e. The molecule has 4 aromatic carbocycles. The predicted octanol–water partition coefficient (Wildman–Crippen LogP) is 9.70. The molecule has 4 heteroatoms. The summed E-state index contributed by atoms with van der Waals surface area (Å²) >= 11 is 0. The fourth-order valence-electron chi connectivity index (χ4n) is 7.18. The number of benzene rings is 4. The average molecular weight is 570 g/mol. The highest BCUT2D eigenvalue weighted by molar-refractivity contribution is 6.10. The van der Waals surface area contributed by atoms with Crippen LogP contribution in [0, 0.1) is 0 Å². The molecule has 3 heterocycles. The fourth-order valence-corrected chi connectivity index (χ4v) is 7.18. The van der Waals surface area contributed by atoms with Crippen LogP contribution in [0.3, 0.4) is 0 Å². The lowest BCUT2D eigenvalue weighted by atomic mass is 9.90. The predicted molar refractivity (Wildman–Crippen MR) is 178 cm³/mol. The van der Waals surface area contributed by atoms with Gasteiger partial charge in [0.2, 0.25) is 0 Å². The van der Waals surface area contributed by atoms with Gasteiger partial charge in [0.1, 0.15) is 11.9 Å². The number of rotatable bonds is 4. The Hall–Kier alpha value is -5.22. The number of nitrogens with zero attached hydrogens (tertiary/aromatic N) is 3. The summed E-state index contributed by atoms with van der Waals surface area (Å²) in [6.45, 7) is 0. The summed E-state index contributed by atoms with van der Waals surface area (Å²) in [7, 11) is 0. The van der Waals surface area contributed by atoms with Gasteiger partial charge in [-0.25, -0.2) is 9.97 Å². The summed E-state index contributed by atoms with van der Waals surface area (Å²) in [6, 6.07) is 34.6. The molecule has 0 spiro atoms. The van der Waals surface area contributed by atoms with Gasteiger partial charge in [-0.3, -0.25) is 0 Å². The van der Waals surface area contributed by atoms with E-state index in [1.54, 1.807) is 0 Å². The molecule has 3 unspecified atom stereocenters. The molecule has 0 radical (unpaired) electrons. The van der Waals surface area contributed by atoms with E-state index < -0.39 is 0 Å². The third kappa shape index (κ3) is 4.13. The Balaban J connectivity index is 1.22. The molecule has 0 amide bonds. The third-order valence-corrected chi connectivity index (χ3v) is 9.38. The van der Waals surface area contributed by atoms with Crippen LogP contribution in [0.25, 0.3) is 50.1 Å². The van der Waals surface area contributed by atoms with E-state index >= 15 is 0 Å². The van der Waals surface area contributed by atoms with E-state index in [-0.39, 0.29) is 12.0 Å². The first-order valence-corrected chi connectivity index (χ1v) is 15.6. The Morgan fingerprint density at radius 1 is 0.705 bits per heavy atom. The monoisotopic (exact) mass is 569 g/mol. The topological polar surface area (TPSA) is 39.9 Å². The maximum Gasteiger partial charge on any atom is 0.160 e. The van der Waals surface area contributed by atoms with Gasteiger partial charge in [0.05, 0.1) is 16.7 Å². The molecule has 44 heavy (non-hydrogen) atoms. The SMILES string of the molecule is C1=CC2Oc3cc4c5ccccc5n(-c5cccc(-c6cc(C7CC=CCC7)nc(-c7ccccc7)n6)c5)c4cc3C2C=C1. The Morgan fingerprint density at radius 2 is 1.57 bits per heavy atom. The van der Waals surface area contributed by atoms with Gasteiger partial charge in [0.15, 0.2) is 5.82 Å². The van der Waals surface area contributed by atoms with Gasteiger partial charge < -0.3 is 9.30 Å². The second-order valence-corrected chi connectivity index (χ2v) is 12.0. The normalized spacial score (nSPS) is 20.1. The van der Waals surface area contributed by atoms with Gasteiger partial charge in [0, 0.05) is 50.7 Å². The first-order chi connectivity index (χ1) is 21.8. The van der Waals surface area contributed by atoms with Crippen LogP contribution in [0.15, 0.2) is 134 Å². The van der Waals surface area contributed by atoms with Gasteiger partial charge >= 0.3 is 0 Å². The van der Waals surface area contributed by atoms with Crippen molar-refractivity contribution in [3.8, 4) is 34.1 Å². The van der Waals surface area contributed by atoms with Crippen molar-refractivity contribution in [2.45, 2.75) is 37.2 Å². The number of para-hydroxylation sites is 1. The van der Waals surface area contributed by atoms with Crippen LogP contribution in [0.1, 0.15) is 42.4 Å². The number of fused-ring (bicyclic) bond motifs is 6. The molecule has 0 saturated heterocycles. The molecular formula is C40H31N3O. The van der Waals surface area contributed by atoms with Crippen molar-refractivity contribution in [1.82, 2.24) is 14.5 Å². The third-order valence-electron chi connectivity index (χ3n) is 9.38. The zero-order valence-corrected chi connectivity index (χ0v) is 24.3. The molecule has 0 N–H and O–H groups in total. The van der Waals surface area contributed by atoms with Crippen LogP contribution in [0.5, 0.6) is 5.75 Å². The van der Waals surface area contributed by atoms with Gasteiger partial charge in [-0.1, -0.05) is 91.0 Å². The van der Waals surface area contributed by atoms with Crippen LogP contribution >= 0.6 is 0 Å². The van der Waals surface area contributed by atoms with E-state index in [9.17, 15) is 0 Å². The molecule has 2 aromatic heterocycles. The number of ether oxygens (including phenoxy) is 1. The van der Waals surface area contributed by atoms with Gasteiger partial charge in [-0.15, -0.1) is 0 Å². The molecule has 3 atom stereocenters. The number of aromatic nitrogens is 3. The van der Waals surface area contributed by atoms with Gasteiger partial charge in [-0.05, 0) is 61.7 Å². The maximum absolute atomic E-state index is 6.40. The minimum atomic E-state index is 0.0648. The minimum Gasteiger partial charge on any atom is -0.485 e. The van der Waals surface area contributed by atoms with Crippen molar-refractivity contribution < 1.29 is 4.74 Å². The highest BCUT2D eigenvalue weighted by atomic mass is 16.5. The van der Waals surface area contributed by atoms with Crippen LogP contribution in [-0.2, 0) is 0 Å². The number of allylic oxidation sites excluding steroid dienone is 4. The zero-order valence-electron chi connectivity index (χ0n) is 24.3. The molecule has 2 aliphatic carbocycles. The Morgan fingerprint density at radius 3 is 2.48 bits per heavy atom. The van der Waals surface area contributed by atoms with Crippen LogP contribution in [-0.4, -0.2) is 20.6 Å². The maximum atomic E-state index is 6.40. The molecule has 1 aliphatic heterocycles. The lowest BCUT2D eigenvalue weighted by Gasteiger charge is -2.19. The zero-order chi connectivity index (χ0) is 29.0. The van der Waals surface area contributed by atoms with E-state index in [2.05, 4.69) is 132 Å². The molecule has 6 aromatic rings. The standard InChI is InChI=1S/C40H31N3O/c1-3-12-26(13-4-1)34-25-35(42-40(41-34)27-14-5-2-6-15-27)28-16-11-17-29(22-28)43-36-20-9-7-18-30(36)32-24-39-33(23-37(32)43)31-19-8-10-21-38(31)44-39/h1-3,5-11,14-26,31,38H,4,12-13H2. The lowest BCUT2D eigenvalue weighted by Crippen LogP contribution is -2.15. The molecule has 3 aliphatic rings. The minimum absolute atomic E-state index is 0.0648. The molecule has 9 rings (SSSR count). The van der Waals surface area contributed by atoms with E-state index in [4.69, 9.17) is 14.7 Å². The lowest BCUT2D eigenvalue weighted by molar-refractivity contribution is 0.269. The smallest absolute Gasteiger partial charge is 0.160 e. The molecule has 0 saturated carbocycles. The first kappa shape index (κ1) is 25.3. The van der Waals surface area contributed by atoms with Crippen molar-refractivity contribution >= 4 is 21.8 Å². The van der Waals surface area contributed by atoms with Gasteiger partial charge in [-0.2, -0.15) is 0 Å². The van der Waals surface area contributed by atoms with Crippen molar-refractivity contribution in [3.63, 3.8) is 0 Å². The molecule has 212 valence electrons. The van der Waals surface area contributed by atoms with E-state index in [1.165, 1.54) is 27.4 Å². The van der Waals surface area contributed by atoms with Crippen molar-refractivity contribution in [1.29, 1.82) is 0 Å². The molecule has 0 fully saturated rings. The summed E-state index contributed by atoms with van der Waals surface area (Å²) < 4.78 is 8.80. The van der Waals surface area contributed by atoms with Crippen molar-refractivity contribution in [2.75, 3.05) is 0 Å². The molecular weight excluding hydrogens is 538 g/mol. The Bertz CT molecular complexity index is 2150. The Labute approximate surface area is 256 Å². The van der Waals surface area contributed by atoms with Crippen LogP contribution < -0.4 is 4.74 Å². The van der Waals surface area contributed by atoms with Crippen LogP contribution in [0.4, 0.5) is 0 Å². The summed E-state index contributed by atoms with van der Waals surface area (Å²) in [5.41, 5.74) is 8.95. The Kier molecular flexibility index (Phi) is 5.86. The summed E-state index contributed by atoms with van der Waals surface area (Å²) in [4.78, 5) is 10.2. The van der Waals surface area contributed by atoms with Crippen molar-refractivity contribution in [2.24, 2.45) is 0 Å². The van der Waals surface area contributed by atoms with Crippen molar-refractivity contribution in [3.05, 3.63) is 145 Å². The fraction of sp³-hybridized carbons (Fsp3) is 0.150. The second kappa shape index (κ2) is 10.2. The van der Waals surface area contributed by atoms with E-state index in [1.807, 2.05) is 6.07 Å². The average Bonchev–Trinajstić information content (AvgIpc) is 3.62. The van der Waals surface area contributed by atoms with Crippen LogP contribution in [0.2, 0.25) is 0 Å².